The number of hydrogen-bond donors (Lipinski definition) is 4. The van der Waals surface area contributed by atoms with Gasteiger partial charge < -0.3 is 34.1 Å². The molecule has 1 aromatic carbocycles. The molecule has 1 aromatic rings. The minimum absolute atomic E-state index is 0.342. The van der Waals surface area contributed by atoms with E-state index in [9.17, 15) is 19.9 Å². The van der Waals surface area contributed by atoms with Crippen molar-refractivity contribution in [2.75, 3.05) is 20.8 Å². The number of ether oxygens (including phenoxy) is 3. The molecule has 1 aliphatic heterocycles. The fourth-order valence-corrected chi connectivity index (χ4v) is 2.63. The Morgan fingerprint density at radius 1 is 1.08 bits per heavy atom. The van der Waals surface area contributed by atoms with Crippen molar-refractivity contribution in [3.63, 3.8) is 0 Å². The van der Waals surface area contributed by atoms with E-state index in [0.29, 0.717) is 11.5 Å². The van der Waals surface area contributed by atoms with Crippen LogP contribution >= 0.6 is 7.75 Å². The van der Waals surface area contributed by atoms with E-state index in [1.807, 2.05) is 0 Å². The molecule has 1 aliphatic rings. The average Bonchev–Trinajstić information content (AvgIpc) is 2.61. The summed E-state index contributed by atoms with van der Waals surface area (Å²) in [5.74, 6) is 0.951. The summed E-state index contributed by atoms with van der Waals surface area (Å²) in [6, 6.07) is 6.44. The molecule has 6 atom stereocenters. The number of aliphatic hydroxyl groups excluding tert-OH is 3. The Morgan fingerprint density at radius 2 is 1.68 bits per heavy atom. The van der Waals surface area contributed by atoms with Gasteiger partial charge in [-0.3, -0.25) is 4.52 Å². The highest BCUT2D eigenvalue weighted by atomic mass is 31.2. The monoisotopic (exact) mass is 379 g/mol. The van der Waals surface area contributed by atoms with Gasteiger partial charge in [0.05, 0.1) is 13.7 Å². The Morgan fingerprint density at radius 3 is 2.24 bits per heavy atom. The van der Waals surface area contributed by atoms with Crippen LogP contribution in [-0.2, 0) is 18.3 Å². The number of rotatable bonds is 7. The topological polar surface area (TPSA) is 150 Å². The van der Waals surface area contributed by atoms with Crippen LogP contribution in [0.1, 0.15) is 0 Å². The van der Waals surface area contributed by atoms with E-state index in [2.05, 4.69) is 4.52 Å². The SMILES string of the molecule is COc1ccc(O[C@H]2O[C@H](COP(N)(=O)OC)[C@H](O)[C@H](O)[C@H]2O)cc1. The minimum atomic E-state index is -3.79. The highest BCUT2D eigenvalue weighted by Crippen LogP contribution is 2.38. The first-order valence-electron chi connectivity index (χ1n) is 7.36. The van der Waals surface area contributed by atoms with Gasteiger partial charge in [0.1, 0.15) is 35.9 Å². The maximum atomic E-state index is 11.6. The molecule has 1 heterocycles. The van der Waals surface area contributed by atoms with E-state index in [4.69, 9.17) is 24.2 Å². The van der Waals surface area contributed by atoms with Crippen LogP contribution in [0.4, 0.5) is 0 Å². The molecular weight excluding hydrogens is 357 g/mol. The molecule has 2 rings (SSSR count). The normalized spacial score (nSPS) is 32.0. The molecule has 5 N–H and O–H groups in total. The van der Waals surface area contributed by atoms with E-state index >= 15 is 0 Å². The van der Waals surface area contributed by atoms with E-state index < -0.39 is 45.1 Å². The second-order valence-corrected chi connectivity index (χ2v) is 7.03. The summed E-state index contributed by atoms with van der Waals surface area (Å²) in [5.41, 5.74) is 5.25. The fraction of sp³-hybridized carbons (Fsp3) is 0.571. The lowest BCUT2D eigenvalue weighted by Crippen LogP contribution is -2.60. The van der Waals surface area contributed by atoms with E-state index in [-0.39, 0.29) is 0 Å². The molecule has 0 saturated carbocycles. The van der Waals surface area contributed by atoms with Crippen LogP contribution in [0.15, 0.2) is 24.3 Å². The maximum Gasteiger partial charge on any atom is 0.402 e. The van der Waals surface area contributed by atoms with Gasteiger partial charge in [-0.15, -0.1) is 0 Å². The Hall–Kier alpha value is -1.23. The van der Waals surface area contributed by atoms with Crippen molar-refractivity contribution in [2.24, 2.45) is 5.50 Å². The Balaban J connectivity index is 2.05. The maximum absolute atomic E-state index is 11.6. The van der Waals surface area contributed by atoms with Gasteiger partial charge in [-0.2, -0.15) is 0 Å². The van der Waals surface area contributed by atoms with Gasteiger partial charge in [0, 0.05) is 7.11 Å². The molecule has 11 heteroatoms. The molecule has 0 radical (unpaired) electrons. The molecule has 0 aromatic heterocycles. The standard InChI is InChI=1S/C14H22NO9P/c1-20-8-3-5-9(6-4-8)23-14-13(18)12(17)11(16)10(24-14)7-22-25(15,19)21-2/h3-6,10-14,16-18H,7H2,1-2H3,(H2,15,19)/t10-,11+,12+,13-,14+,25?/m1/s1. The lowest BCUT2D eigenvalue weighted by atomic mass is 9.99. The summed E-state index contributed by atoms with van der Waals surface area (Å²) in [6.45, 7) is -0.435. The third kappa shape index (κ3) is 5.13. The lowest BCUT2D eigenvalue weighted by Gasteiger charge is -2.40. The van der Waals surface area contributed by atoms with Crippen LogP contribution in [0, 0.1) is 0 Å². The smallest absolute Gasteiger partial charge is 0.402 e. The third-order valence-electron chi connectivity index (χ3n) is 3.65. The van der Waals surface area contributed by atoms with Crippen molar-refractivity contribution in [1.82, 2.24) is 0 Å². The quantitative estimate of drug-likeness (QED) is 0.461. The summed E-state index contributed by atoms with van der Waals surface area (Å²) in [7, 11) is -1.17. The third-order valence-corrected chi connectivity index (χ3v) is 4.67. The molecule has 1 unspecified atom stereocenters. The zero-order chi connectivity index (χ0) is 18.6. The van der Waals surface area contributed by atoms with Crippen molar-refractivity contribution in [3.05, 3.63) is 24.3 Å². The van der Waals surface area contributed by atoms with Crippen LogP contribution in [0.3, 0.4) is 0 Å². The van der Waals surface area contributed by atoms with Gasteiger partial charge >= 0.3 is 7.75 Å². The Bertz CT molecular complexity index is 598. The van der Waals surface area contributed by atoms with Gasteiger partial charge in [-0.05, 0) is 24.3 Å². The number of hydrogen-bond acceptors (Lipinski definition) is 9. The minimum Gasteiger partial charge on any atom is -0.497 e. The zero-order valence-electron chi connectivity index (χ0n) is 13.7. The number of aliphatic hydroxyl groups is 3. The second kappa shape index (κ2) is 8.43. The van der Waals surface area contributed by atoms with Crippen LogP contribution in [-0.4, -0.2) is 66.9 Å². The van der Waals surface area contributed by atoms with E-state index in [1.54, 1.807) is 24.3 Å². The summed E-state index contributed by atoms with van der Waals surface area (Å²) in [5, 5.41) is 30.0. The first-order valence-corrected chi connectivity index (χ1v) is 8.98. The average molecular weight is 379 g/mol. The number of methoxy groups -OCH3 is 1. The van der Waals surface area contributed by atoms with Crippen molar-refractivity contribution in [3.8, 4) is 11.5 Å². The molecule has 0 amide bonds. The molecule has 0 aliphatic carbocycles. The lowest BCUT2D eigenvalue weighted by molar-refractivity contribution is -0.276. The zero-order valence-corrected chi connectivity index (χ0v) is 14.6. The fourth-order valence-electron chi connectivity index (χ4n) is 2.17. The van der Waals surface area contributed by atoms with E-state index in [0.717, 1.165) is 7.11 Å². The van der Waals surface area contributed by atoms with Crippen LogP contribution < -0.4 is 15.0 Å². The predicted molar refractivity (Wildman–Crippen MR) is 85.1 cm³/mol. The molecule has 25 heavy (non-hydrogen) atoms. The highest BCUT2D eigenvalue weighted by Gasteiger charge is 2.45. The molecular formula is C14H22NO9P. The van der Waals surface area contributed by atoms with Gasteiger partial charge in [0.2, 0.25) is 6.29 Å². The van der Waals surface area contributed by atoms with Crippen molar-refractivity contribution >= 4 is 7.75 Å². The van der Waals surface area contributed by atoms with Gasteiger partial charge in [0.15, 0.2) is 0 Å². The summed E-state index contributed by atoms with van der Waals surface area (Å²) in [6.07, 6.45) is -7.01. The van der Waals surface area contributed by atoms with Crippen molar-refractivity contribution in [1.29, 1.82) is 0 Å². The highest BCUT2D eigenvalue weighted by molar-refractivity contribution is 7.51. The second-order valence-electron chi connectivity index (χ2n) is 5.33. The van der Waals surface area contributed by atoms with Crippen LogP contribution in [0.5, 0.6) is 11.5 Å². The van der Waals surface area contributed by atoms with Gasteiger partial charge in [-0.25, -0.2) is 10.1 Å². The first-order chi connectivity index (χ1) is 11.8. The summed E-state index contributed by atoms with van der Waals surface area (Å²) >= 11 is 0. The molecule has 1 fully saturated rings. The molecule has 10 nitrogen and oxygen atoms in total. The molecule has 1 saturated heterocycles. The predicted octanol–water partition coefficient (Wildman–Crippen LogP) is -0.389. The van der Waals surface area contributed by atoms with Crippen molar-refractivity contribution < 1.29 is 43.1 Å². The van der Waals surface area contributed by atoms with E-state index in [1.165, 1.54) is 7.11 Å². The molecule has 0 spiro atoms. The number of benzene rings is 1. The first kappa shape index (κ1) is 20.1. The van der Waals surface area contributed by atoms with Crippen molar-refractivity contribution in [2.45, 2.75) is 30.7 Å². The van der Waals surface area contributed by atoms with Gasteiger partial charge in [-0.1, -0.05) is 0 Å². The number of nitrogens with two attached hydrogens (primary N) is 1. The summed E-state index contributed by atoms with van der Waals surface area (Å²) < 4.78 is 36.8. The Labute approximate surface area is 144 Å². The van der Waals surface area contributed by atoms with Crippen LogP contribution in [0.2, 0.25) is 0 Å². The summed E-state index contributed by atoms with van der Waals surface area (Å²) in [4.78, 5) is 0. The molecule has 142 valence electrons. The van der Waals surface area contributed by atoms with Gasteiger partial charge in [0.25, 0.3) is 0 Å². The van der Waals surface area contributed by atoms with Crippen LogP contribution in [0.25, 0.3) is 0 Å². The Kier molecular flexibility index (Phi) is 6.78. The molecule has 0 bridgehead atoms. The largest absolute Gasteiger partial charge is 0.497 e.